The topological polar surface area (TPSA) is 16.3 Å². The summed E-state index contributed by atoms with van der Waals surface area (Å²) >= 11 is 0. The molecule has 330 valence electrons. The van der Waals surface area contributed by atoms with Crippen LogP contribution in [0.5, 0.6) is 0 Å². The lowest BCUT2D eigenvalue weighted by Gasteiger charge is -2.29. The maximum Gasteiger partial charge on any atom is 0.0541 e. The lowest BCUT2D eigenvalue weighted by molar-refractivity contribution is 0.660. The number of para-hydroxylation sites is 4. The van der Waals surface area contributed by atoms with E-state index in [2.05, 4.69) is 277 Å². The Labute approximate surface area is 403 Å². The first kappa shape index (κ1) is 40.7. The zero-order valence-corrected chi connectivity index (χ0v) is 39.2. The van der Waals surface area contributed by atoms with Crippen molar-refractivity contribution in [1.29, 1.82) is 0 Å². The van der Waals surface area contributed by atoms with Crippen molar-refractivity contribution in [2.24, 2.45) is 0 Å². The summed E-state index contributed by atoms with van der Waals surface area (Å²) in [6, 6.07) is 84.9. The standard InChI is InChI=1S/C65H50N4/c1-43-15-13-17-49(39-43)67(50-18-14-16-44(2)40-50)52-36-38-54-53-37-35-51(41-59(53)65(3,4)60(54)42-52)66(45-27-31-47(32-28-45)68-61-23-9-5-19-55(61)56-20-6-10-24-62(56)68)46-29-33-48(34-30-46)69-63-25-11-7-21-57(63)58-22-8-12-26-64(58)69/h5-42H,1-4H3. The molecule has 0 atom stereocenters. The summed E-state index contributed by atoms with van der Waals surface area (Å²) < 4.78 is 4.78. The van der Waals surface area contributed by atoms with Crippen molar-refractivity contribution in [3.63, 3.8) is 0 Å². The van der Waals surface area contributed by atoms with Crippen LogP contribution in [0, 0.1) is 13.8 Å². The van der Waals surface area contributed by atoms with Gasteiger partial charge in [0.05, 0.1) is 22.1 Å². The van der Waals surface area contributed by atoms with Crippen LogP contribution in [0.4, 0.5) is 34.1 Å². The van der Waals surface area contributed by atoms with Crippen molar-refractivity contribution in [1.82, 2.24) is 9.13 Å². The molecule has 0 N–H and O–H groups in total. The third-order valence-corrected chi connectivity index (χ3v) is 14.6. The number of aromatic nitrogens is 2. The molecular formula is C65H50N4. The highest BCUT2D eigenvalue weighted by molar-refractivity contribution is 6.10. The number of hydrogen-bond acceptors (Lipinski definition) is 2. The number of anilines is 6. The molecule has 1 aliphatic rings. The second kappa shape index (κ2) is 15.8. The molecule has 0 spiro atoms. The lowest BCUT2D eigenvalue weighted by atomic mass is 9.82. The molecule has 1 aliphatic carbocycles. The molecule has 4 heteroatoms. The van der Waals surface area contributed by atoms with E-state index in [1.807, 2.05) is 0 Å². The lowest BCUT2D eigenvalue weighted by Crippen LogP contribution is -2.17. The number of rotatable bonds is 8. The van der Waals surface area contributed by atoms with Gasteiger partial charge in [-0.1, -0.05) is 123 Å². The van der Waals surface area contributed by atoms with Crippen molar-refractivity contribution in [3.05, 3.63) is 253 Å². The monoisotopic (exact) mass is 886 g/mol. The molecule has 2 heterocycles. The Kier molecular flexibility index (Phi) is 9.28. The first-order valence-corrected chi connectivity index (χ1v) is 24.0. The molecule has 12 aromatic rings. The summed E-state index contributed by atoms with van der Waals surface area (Å²) in [5.41, 5.74) is 21.2. The Bertz CT molecular complexity index is 3650. The van der Waals surface area contributed by atoms with Crippen LogP contribution in [0.2, 0.25) is 0 Å². The highest BCUT2D eigenvalue weighted by Crippen LogP contribution is 2.53. The van der Waals surface area contributed by atoms with Crippen LogP contribution in [0.3, 0.4) is 0 Å². The van der Waals surface area contributed by atoms with Gasteiger partial charge in [-0.3, -0.25) is 0 Å². The number of benzene rings is 10. The van der Waals surface area contributed by atoms with Crippen LogP contribution in [0.25, 0.3) is 66.1 Å². The first-order chi connectivity index (χ1) is 33.8. The first-order valence-electron chi connectivity index (χ1n) is 24.0. The third kappa shape index (κ3) is 6.51. The molecule has 0 fully saturated rings. The van der Waals surface area contributed by atoms with Crippen molar-refractivity contribution >= 4 is 77.7 Å². The fraction of sp³-hybridized carbons (Fsp3) is 0.0769. The molecule has 69 heavy (non-hydrogen) atoms. The van der Waals surface area contributed by atoms with Crippen LogP contribution in [0.15, 0.2) is 231 Å². The SMILES string of the molecule is Cc1cccc(N(c2cccc(C)c2)c2ccc3c(c2)C(C)(C)c2cc(N(c4ccc(-n5c6ccccc6c6ccccc65)cc4)c4ccc(-n5c6ccccc6c6ccccc65)cc4)ccc2-3)c1. The van der Waals surface area contributed by atoms with E-state index in [9.17, 15) is 0 Å². The highest BCUT2D eigenvalue weighted by atomic mass is 15.2. The molecule has 0 unspecified atom stereocenters. The molecular weight excluding hydrogens is 837 g/mol. The van der Waals surface area contributed by atoms with Crippen molar-refractivity contribution in [2.45, 2.75) is 33.1 Å². The summed E-state index contributed by atoms with van der Waals surface area (Å²) in [5, 5.41) is 5.03. The minimum Gasteiger partial charge on any atom is -0.310 e. The Balaban J connectivity index is 0.936. The maximum absolute atomic E-state index is 2.44. The van der Waals surface area contributed by atoms with Gasteiger partial charge in [-0.05, 0) is 169 Å². The van der Waals surface area contributed by atoms with Crippen LogP contribution < -0.4 is 9.80 Å². The fourth-order valence-electron chi connectivity index (χ4n) is 11.3. The molecule has 0 saturated carbocycles. The third-order valence-electron chi connectivity index (χ3n) is 14.6. The average molecular weight is 887 g/mol. The largest absolute Gasteiger partial charge is 0.310 e. The predicted molar refractivity (Wildman–Crippen MR) is 292 cm³/mol. The van der Waals surface area contributed by atoms with E-state index >= 15 is 0 Å². The van der Waals surface area contributed by atoms with Gasteiger partial charge in [0.1, 0.15) is 0 Å². The van der Waals surface area contributed by atoms with Gasteiger partial charge in [-0.25, -0.2) is 0 Å². The number of nitrogens with zero attached hydrogens (tertiary/aromatic N) is 4. The van der Waals surface area contributed by atoms with Crippen molar-refractivity contribution in [3.8, 4) is 22.5 Å². The van der Waals surface area contributed by atoms with E-state index in [-0.39, 0.29) is 5.41 Å². The van der Waals surface area contributed by atoms with Crippen LogP contribution in [0.1, 0.15) is 36.1 Å². The Hall–Kier alpha value is -8.60. The molecule has 13 rings (SSSR count). The zero-order valence-electron chi connectivity index (χ0n) is 39.2. The van der Waals surface area contributed by atoms with Gasteiger partial charge < -0.3 is 18.9 Å². The summed E-state index contributed by atoms with van der Waals surface area (Å²) in [6.45, 7) is 9.11. The number of aryl methyl sites for hydroxylation is 2. The molecule has 2 aromatic heterocycles. The van der Waals surface area contributed by atoms with Crippen molar-refractivity contribution < 1.29 is 0 Å². The second-order valence-electron chi connectivity index (χ2n) is 19.2. The Morgan fingerprint density at radius 1 is 0.304 bits per heavy atom. The van der Waals surface area contributed by atoms with Gasteiger partial charge >= 0.3 is 0 Å². The average Bonchev–Trinajstić information content (AvgIpc) is 3.98. The van der Waals surface area contributed by atoms with Crippen LogP contribution in [-0.4, -0.2) is 9.13 Å². The maximum atomic E-state index is 2.44. The minimum absolute atomic E-state index is 0.270. The van der Waals surface area contributed by atoms with E-state index in [0.29, 0.717) is 0 Å². The smallest absolute Gasteiger partial charge is 0.0541 e. The van der Waals surface area contributed by atoms with Crippen LogP contribution in [-0.2, 0) is 5.41 Å². The molecule has 4 nitrogen and oxygen atoms in total. The quantitative estimate of drug-likeness (QED) is 0.151. The van der Waals surface area contributed by atoms with E-state index in [0.717, 1.165) is 45.5 Å². The van der Waals surface area contributed by atoms with Gasteiger partial charge in [0.2, 0.25) is 0 Å². The summed E-state index contributed by atoms with van der Waals surface area (Å²) in [6.07, 6.45) is 0. The van der Waals surface area contributed by atoms with Crippen LogP contribution >= 0.6 is 0 Å². The van der Waals surface area contributed by atoms with E-state index in [4.69, 9.17) is 0 Å². The van der Waals surface area contributed by atoms with Gasteiger partial charge in [-0.2, -0.15) is 0 Å². The van der Waals surface area contributed by atoms with Crippen molar-refractivity contribution in [2.75, 3.05) is 9.80 Å². The van der Waals surface area contributed by atoms with Gasteiger partial charge in [0.15, 0.2) is 0 Å². The molecule has 0 saturated heterocycles. The summed E-state index contributed by atoms with van der Waals surface area (Å²) in [5.74, 6) is 0. The fourth-order valence-corrected chi connectivity index (χ4v) is 11.3. The van der Waals surface area contributed by atoms with E-state index < -0.39 is 0 Å². The Morgan fingerprint density at radius 3 is 0.986 bits per heavy atom. The minimum atomic E-state index is -0.270. The van der Waals surface area contributed by atoms with Gasteiger partial charge in [0.25, 0.3) is 0 Å². The summed E-state index contributed by atoms with van der Waals surface area (Å²) in [4.78, 5) is 4.83. The molecule has 0 amide bonds. The second-order valence-corrected chi connectivity index (χ2v) is 19.2. The van der Waals surface area contributed by atoms with Gasteiger partial charge in [-0.15, -0.1) is 0 Å². The molecule has 0 aliphatic heterocycles. The van der Waals surface area contributed by atoms with E-state index in [1.54, 1.807) is 0 Å². The summed E-state index contributed by atoms with van der Waals surface area (Å²) in [7, 11) is 0. The molecule has 0 bridgehead atoms. The molecule has 10 aromatic carbocycles. The number of hydrogen-bond donors (Lipinski definition) is 0. The number of fused-ring (bicyclic) bond motifs is 9. The van der Waals surface area contributed by atoms with E-state index in [1.165, 1.54) is 77.0 Å². The van der Waals surface area contributed by atoms with Gasteiger partial charge in [0, 0.05) is 72.5 Å². The zero-order chi connectivity index (χ0) is 46.4. The predicted octanol–water partition coefficient (Wildman–Crippen LogP) is 17.7. The Morgan fingerprint density at radius 2 is 0.623 bits per heavy atom. The normalized spacial score (nSPS) is 12.8. The molecule has 0 radical (unpaired) electrons. The highest BCUT2D eigenvalue weighted by Gasteiger charge is 2.37.